The van der Waals surface area contributed by atoms with Gasteiger partial charge in [0.2, 0.25) is 0 Å². The lowest BCUT2D eigenvalue weighted by Gasteiger charge is -2.27. The van der Waals surface area contributed by atoms with Crippen LogP contribution in [0.2, 0.25) is 0 Å². The summed E-state index contributed by atoms with van der Waals surface area (Å²) in [6.45, 7) is 6.95. The molecule has 0 aromatic heterocycles. The predicted molar refractivity (Wildman–Crippen MR) is 93.0 cm³/mol. The molecule has 0 bridgehead atoms. The van der Waals surface area contributed by atoms with Crippen molar-refractivity contribution in [2.24, 2.45) is 23.5 Å². The minimum absolute atomic E-state index is 0.270. The van der Waals surface area contributed by atoms with Gasteiger partial charge in [-0.2, -0.15) is 0 Å². The molecular weight excluding hydrogens is 254 g/mol. The summed E-state index contributed by atoms with van der Waals surface area (Å²) in [4.78, 5) is 0. The van der Waals surface area contributed by atoms with Crippen LogP contribution in [0.15, 0.2) is 47.6 Å². The van der Waals surface area contributed by atoms with Crippen LogP contribution >= 0.6 is 0 Å². The minimum Gasteiger partial charge on any atom is -0.324 e. The van der Waals surface area contributed by atoms with Crippen molar-refractivity contribution >= 4 is 0 Å². The second-order valence-electron chi connectivity index (χ2n) is 6.77. The van der Waals surface area contributed by atoms with Gasteiger partial charge in [-0.1, -0.05) is 63.6 Å². The van der Waals surface area contributed by atoms with Crippen LogP contribution in [0.3, 0.4) is 0 Å². The average Bonchev–Trinajstić information content (AvgIpc) is 2.94. The maximum Gasteiger partial charge on any atom is 0.0262 e. The molecule has 0 fully saturated rings. The van der Waals surface area contributed by atoms with E-state index >= 15 is 0 Å². The van der Waals surface area contributed by atoms with E-state index in [0.717, 1.165) is 18.8 Å². The molecule has 4 unspecified atom stereocenters. The van der Waals surface area contributed by atoms with Gasteiger partial charge in [0.05, 0.1) is 0 Å². The Morgan fingerprint density at radius 2 is 2.00 bits per heavy atom. The van der Waals surface area contributed by atoms with Crippen LogP contribution in [0, 0.1) is 17.8 Å². The molecule has 116 valence electrons. The van der Waals surface area contributed by atoms with Gasteiger partial charge in [0.1, 0.15) is 0 Å². The lowest BCUT2D eigenvalue weighted by Crippen LogP contribution is -2.23. The zero-order valence-corrected chi connectivity index (χ0v) is 13.9. The van der Waals surface area contributed by atoms with Gasteiger partial charge in [-0.25, -0.2) is 0 Å². The lowest BCUT2D eigenvalue weighted by atomic mass is 9.78. The molecule has 1 heteroatoms. The Morgan fingerprint density at radius 1 is 1.24 bits per heavy atom. The predicted octanol–water partition coefficient (Wildman–Crippen LogP) is 5.16. The Kier molecular flexibility index (Phi) is 6.05. The molecule has 2 N–H and O–H groups in total. The van der Waals surface area contributed by atoms with Gasteiger partial charge in [0.15, 0.2) is 0 Å². The van der Waals surface area contributed by atoms with Crippen LogP contribution in [-0.2, 0) is 0 Å². The van der Waals surface area contributed by atoms with Gasteiger partial charge in [-0.05, 0) is 54.6 Å². The van der Waals surface area contributed by atoms with E-state index in [1.165, 1.54) is 30.4 Å². The van der Waals surface area contributed by atoms with E-state index in [-0.39, 0.29) is 6.04 Å². The normalized spacial score (nSPS) is 27.4. The van der Waals surface area contributed by atoms with E-state index in [0.29, 0.717) is 11.8 Å². The van der Waals surface area contributed by atoms with Crippen molar-refractivity contribution in [2.45, 2.75) is 58.9 Å². The highest BCUT2D eigenvalue weighted by molar-refractivity contribution is 5.36. The second-order valence-corrected chi connectivity index (χ2v) is 6.77. The van der Waals surface area contributed by atoms with E-state index in [1.54, 1.807) is 0 Å². The van der Waals surface area contributed by atoms with Crippen molar-refractivity contribution < 1.29 is 0 Å². The summed E-state index contributed by atoms with van der Waals surface area (Å²) < 4.78 is 0. The van der Waals surface area contributed by atoms with Crippen LogP contribution in [0.25, 0.3) is 0 Å². The van der Waals surface area contributed by atoms with Gasteiger partial charge < -0.3 is 5.73 Å². The van der Waals surface area contributed by atoms with Crippen molar-refractivity contribution in [3.63, 3.8) is 0 Å². The first-order valence-electron chi connectivity index (χ1n) is 8.62. The first-order valence-corrected chi connectivity index (χ1v) is 8.62. The standard InChI is InChI=1S/C20H31N/c1-4-8-20(21)19-12-7-10-17(19)14-13-16(3)18-11-6-5-9-15(18)2/h5-7,9-11,15-16,18,20H,4,8,12-14,21H2,1-3H3. The van der Waals surface area contributed by atoms with E-state index in [2.05, 4.69) is 57.2 Å². The third-order valence-corrected chi connectivity index (χ3v) is 5.11. The van der Waals surface area contributed by atoms with Crippen molar-refractivity contribution in [1.82, 2.24) is 0 Å². The topological polar surface area (TPSA) is 26.0 Å². The number of hydrogen-bond acceptors (Lipinski definition) is 1. The summed E-state index contributed by atoms with van der Waals surface area (Å²) in [6.07, 6.45) is 19.5. The summed E-state index contributed by atoms with van der Waals surface area (Å²) in [5, 5.41) is 0. The maximum atomic E-state index is 6.33. The molecule has 2 aliphatic rings. The molecule has 0 aromatic rings. The summed E-state index contributed by atoms with van der Waals surface area (Å²) >= 11 is 0. The van der Waals surface area contributed by atoms with Crippen molar-refractivity contribution in [1.29, 1.82) is 0 Å². The van der Waals surface area contributed by atoms with E-state index in [4.69, 9.17) is 5.73 Å². The molecule has 4 atom stereocenters. The molecule has 0 aromatic carbocycles. The van der Waals surface area contributed by atoms with Crippen LogP contribution in [0.4, 0.5) is 0 Å². The fourth-order valence-corrected chi connectivity index (χ4v) is 3.70. The number of nitrogens with two attached hydrogens (primary N) is 1. The molecule has 21 heavy (non-hydrogen) atoms. The Hall–Kier alpha value is -1.08. The molecular formula is C20H31N. The quantitative estimate of drug-likeness (QED) is 0.686. The van der Waals surface area contributed by atoms with E-state index in [1.807, 2.05) is 0 Å². The second kappa shape index (κ2) is 7.79. The average molecular weight is 285 g/mol. The fourth-order valence-electron chi connectivity index (χ4n) is 3.70. The Morgan fingerprint density at radius 3 is 2.71 bits per heavy atom. The zero-order valence-electron chi connectivity index (χ0n) is 13.9. The first-order chi connectivity index (χ1) is 10.1. The third-order valence-electron chi connectivity index (χ3n) is 5.11. The van der Waals surface area contributed by atoms with Crippen molar-refractivity contribution in [3.05, 3.63) is 47.6 Å². The van der Waals surface area contributed by atoms with Gasteiger partial charge in [-0.15, -0.1) is 0 Å². The maximum absolute atomic E-state index is 6.33. The van der Waals surface area contributed by atoms with Gasteiger partial charge in [0, 0.05) is 6.04 Å². The number of hydrogen-bond donors (Lipinski definition) is 1. The summed E-state index contributed by atoms with van der Waals surface area (Å²) in [6, 6.07) is 0.270. The largest absolute Gasteiger partial charge is 0.324 e. The molecule has 2 rings (SSSR count). The molecule has 2 aliphatic carbocycles. The smallest absolute Gasteiger partial charge is 0.0262 e. The Bertz CT molecular complexity index is 452. The molecule has 0 aliphatic heterocycles. The first kappa shape index (κ1) is 16.3. The summed E-state index contributed by atoms with van der Waals surface area (Å²) in [5.74, 6) is 2.08. The minimum atomic E-state index is 0.270. The summed E-state index contributed by atoms with van der Waals surface area (Å²) in [7, 11) is 0. The Labute approximate surface area is 130 Å². The van der Waals surface area contributed by atoms with Crippen LogP contribution in [0.5, 0.6) is 0 Å². The molecule has 0 spiro atoms. The van der Waals surface area contributed by atoms with Crippen molar-refractivity contribution in [3.8, 4) is 0 Å². The monoisotopic (exact) mass is 285 g/mol. The van der Waals surface area contributed by atoms with Gasteiger partial charge in [-0.3, -0.25) is 0 Å². The SMILES string of the molecule is CCCC(N)C1=C(CCC(C)C2C=CC=CC2C)C=CC1. The van der Waals surface area contributed by atoms with E-state index in [9.17, 15) is 0 Å². The molecule has 0 heterocycles. The van der Waals surface area contributed by atoms with Crippen molar-refractivity contribution in [2.75, 3.05) is 0 Å². The Balaban J connectivity index is 1.92. The third kappa shape index (κ3) is 4.20. The number of allylic oxidation sites excluding steroid dienone is 7. The van der Waals surface area contributed by atoms with Crippen LogP contribution in [0.1, 0.15) is 52.9 Å². The van der Waals surface area contributed by atoms with E-state index < -0.39 is 0 Å². The van der Waals surface area contributed by atoms with Crippen LogP contribution < -0.4 is 5.73 Å². The lowest BCUT2D eigenvalue weighted by molar-refractivity contribution is 0.337. The molecule has 0 saturated carbocycles. The zero-order chi connectivity index (χ0) is 15.2. The molecule has 0 saturated heterocycles. The van der Waals surface area contributed by atoms with Gasteiger partial charge in [0.25, 0.3) is 0 Å². The van der Waals surface area contributed by atoms with Crippen LogP contribution in [-0.4, -0.2) is 6.04 Å². The molecule has 0 radical (unpaired) electrons. The highest BCUT2D eigenvalue weighted by atomic mass is 14.6. The molecule has 1 nitrogen and oxygen atoms in total. The fraction of sp³-hybridized carbons (Fsp3) is 0.600. The van der Waals surface area contributed by atoms with Gasteiger partial charge >= 0.3 is 0 Å². The highest BCUT2D eigenvalue weighted by Crippen LogP contribution is 2.33. The number of rotatable bonds is 7. The molecule has 0 amide bonds. The highest BCUT2D eigenvalue weighted by Gasteiger charge is 2.22. The summed E-state index contributed by atoms with van der Waals surface area (Å²) in [5.41, 5.74) is 9.35.